The molecular weight excluding hydrogens is 446 g/mol. The summed E-state index contributed by atoms with van der Waals surface area (Å²) in [7, 11) is -3.50. The maximum absolute atomic E-state index is 13.0. The van der Waals surface area contributed by atoms with Crippen LogP contribution in [0.15, 0.2) is 59.6 Å². The number of benzene rings is 2. The summed E-state index contributed by atoms with van der Waals surface area (Å²) in [6.45, 7) is 3.51. The molecule has 1 aromatic heterocycles. The molecule has 0 radical (unpaired) electrons. The molecule has 6 nitrogen and oxygen atoms in total. The lowest BCUT2D eigenvalue weighted by Crippen LogP contribution is -2.35. The van der Waals surface area contributed by atoms with Gasteiger partial charge in [-0.25, -0.2) is 8.42 Å². The van der Waals surface area contributed by atoms with Crippen LogP contribution in [0.2, 0.25) is 5.02 Å². The highest BCUT2D eigenvalue weighted by molar-refractivity contribution is 7.89. The van der Waals surface area contributed by atoms with Crippen LogP contribution in [-0.4, -0.2) is 36.3 Å². The zero-order valence-electron chi connectivity index (χ0n) is 18.1. The highest BCUT2D eigenvalue weighted by atomic mass is 35.5. The van der Waals surface area contributed by atoms with Gasteiger partial charge in [-0.2, -0.15) is 4.31 Å². The Balaban J connectivity index is 1.54. The van der Waals surface area contributed by atoms with E-state index in [1.165, 1.54) is 0 Å². The predicted octanol–water partition coefficient (Wildman–Crippen LogP) is 4.74. The van der Waals surface area contributed by atoms with E-state index in [0.29, 0.717) is 36.0 Å². The largest absolute Gasteiger partial charge is 0.350 e. The number of hydrogen-bond acceptors (Lipinski definition) is 3. The molecule has 0 spiro atoms. The number of piperidine rings is 1. The van der Waals surface area contributed by atoms with E-state index in [4.69, 9.17) is 11.6 Å². The van der Waals surface area contributed by atoms with Gasteiger partial charge in [0.1, 0.15) is 6.04 Å². The number of halogens is 1. The van der Waals surface area contributed by atoms with Crippen molar-refractivity contribution in [3.63, 3.8) is 0 Å². The molecule has 8 heteroatoms. The molecule has 0 bridgehead atoms. The Morgan fingerprint density at radius 3 is 2.59 bits per heavy atom. The van der Waals surface area contributed by atoms with Gasteiger partial charge in [-0.05, 0) is 61.2 Å². The number of hydrogen-bond donors (Lipinski definition) is 1. The normalized spacial score (nSPS) is 16.2. The lowest BCUT2D eigenvalue weighted by Gasteiger charge is -2.26. The third kappa shape index (κ3) is 4.70. The van der Waals surface area contributed by atoms with Gasteiger partial charge >= 0.3 is 0 Å². The van der Waals surface area contributed by atoms with Crippen molar-refractivity contribution in [1.29, 1.82) is 0 Å². The molecule has 1 saturated heterocycles. The first-order valence-corrected chi connectivity index (χ1v) is 12.8. The van der Waals surface area contributed by atoms with Crippen molar-refractivity contribution in [2.75, 3.05) is 13.1 Å². The van der Waals surface area contributed by atoms with Crippen molar-refractivity contribution in [3.05, 3.63) is 65.3 Å². The standard InChI is InChI=1S/C24H28ClN3O3S/c1-2-22(24(29)26-17-18-7-6-8-20(25)15-18)28-14-11-19-16-21(9-10-23(19)28)32(30,31)27-12-4-3-5-13-27/h6-11,14-16,22H,2-5,12-13,17H2,1H3,(H,26,29). The van der Waals surface area contributed by atoms with Crippen LogP contribution in [0.5, 0.6) is 0 Å². The SMILES string of the molecule is CCC(C(=O)NCc1cccc(Cl)c1)n1ccc2cc(S(=O)(=O)N3CCCCC3)ccc21. The second-order valence-electron chi connectivity index (χ2n) is 8.18. The van der Waals surface area contributed by atoms with Crippen molar-refractivity contribution in [3.8, 4) is 0 Å². The highest BCUT2D eigenvalue weighted by Gasteiger charge is 2.27. The fourth-order valence-corrected chi connectivity index (χ4v) is 6.06. The van der Waals surface area contributed by atoms with Crippen LogP contribution in [0.4, 0.5) is 0 Å². The zero-order chi connectivity index (χ0) is 22.7. The zero-order valence-corrected chi connectivity index (χ0v) is 19.7. The lowest BCUT2D eigenvalue weighted by atomic mass is 10.1. The predicted molar refractivity (Wildman–Crippen MR) is 127 cm³/mol. The Hall–Kier alpha value is -2.35. The topological polar surface area (TPSA) is 71.4 Å². The third-order valence-corrected chi connectivity index (χ3v) is 8.16. The Bertz CT molecular complexity index is 1220. The first-order valence-electron chi connectivity index (χ1n) is 11.0. The summed E-state index contributed by atoms with van der Waals surface area (Å²) in [5.41, 5.74) is 1.78. The van der Waals surface area contributed by atoms with Crippen LogP contribution in [-0.2, 0) is 21.4 Å². The van der Waals surface area contributed by atoms with Gasteiger partial charge in [0.25, 0.3) is 0 Å². The smallest absolute Gasteiger partial charge is 0.243 e. The van der Waals surface area contributed by atoms with E-state index >= 15 is 0 Å². The van der Waals surface area contributed by atoms with E-state index in [1.807, 2.05) is 42.0 Å². The quantitative estimate of drug-likeness (QED) is 0.538. The molecule has 0 saturated carbocycles. The molecule has 1 amide bonds. The summed E-state index contributed by atoms with van der Waals surface area (Å²) >= 11 is 6.03. The molecule has 2 heterocycles. The molecule has 1 N–H and O–H groups in total. The summed E-state index contributed by atoms with van der Waals surface area (Å²) in [6.07, 6.45) is 5.35. The van der Waals surface area contributed by atoms with Crippen molar-refractivity contribution in [2.24, 2.45) is 0 Å². The van der Waals surface area contributed by atoms with Gasteiger partial charge in [-0.15, -0.1) is 0 Å². The number of nitrogens with one attached hydrogen (secondary N) is 1. The van der Waals surface area contributed by atoms with Crippen molar-refractivity contribution >= 4 is 38.4 Å². The van der Waals surface area contributed by atoms with Crippen molar-refractivity contribution in [2.45, 2.75) is 50.1 Å². The summed E-state index contributed by atoms with van der Waals surface area (Å²) in [4.78, 5) is 13.2. The molecule has 1 aliphatic rings. The summed E-state index contributed by atoms with van der Waals surface area (Å²) < 4.78 is 29.5. The summed E-state index contributed by atoms with van der Waals surface area (Å²) in [5, 5.41) is 4.43. The average Bonchev–Trinajstić information content (AvgIpc) is 3.22. The number of sulfonamides is 1. The highest BCUT2D eigenvalue weighted by Crippen LogP contribution is 2.27. The fourth-order valence-electron chi connectivity index (χ4n) is 4.29. The molecular formula is C24H28ClN3O3S. The minimum atomic E-state index is -3.50. The second-order valence-corrected chi connectivity index (χ2v) is 10.6. The first-order chi connectivity index (χ1) is 15.4. The van der Waals surface area contributed by atoms with Gasteiger partial charge in [0.2, 0.25) is 15.9 Å². The van der Waals surface area contributed by atoms with Crippen LogP contribution in [0.1, 0.15) is 44.2 Å². The molecule has 0 aliphatic carbocycles. The average molecular weight is 474 g/mol. The number of carbonyl (C=O) groups is 1. The molecule has 32 heavy (non-hydrogen) atoms. The molecule has 4 rings (SSSR count). The van der Waals surface area contributed by atoms with E-state index in [9.17, 15) is 13.2 Å². The Morgan fingerprint density at radius 2 is 1.88 bits per heavy atom. The van der Waals surface area contributed by atoms with Crippen LogP contribution in [0, 0.1) is 0 Å². The molecule has 1 atom stereocenters. The second kappa shape index (κ2) is 9.65. The molecule has 2 aromatic carbocycles. The maximum Gasteiger partial charge on any atom is 0.243 e. The summed E-state index contributed by atoms with van der Waals surface area (Å²) in [5.74, 6) is -0.0880. The monoisotopic (exact) mass is 473 g/mol. The number of rotatable bonds is 7. The minimum absolute atomic E-state index is 0.0880. The Morgan fingerprint density at radius 1 is 1.09 bits per heavy atom. The van der Waals surface area contributed by atoms with E-state index < -0.39 is 16.1 Å². The van der Waals surface area contributed by atoms with E-state index in [0.717, 1.165) is 35.7 Å². The first kappa shape index (κ1) is 22.8. The van der Waals surface area contributed by atoms with E-state index in [1.54, 1.807) is 28.6 Å². The third-order valence-electron chi connectivity index (χ3n) is 6.03. The minimum Gasteiger partial charge on any atom is -0.350 e. The number of carbonyl (C=O) groups excluding carboxylic acids is 1. The van der Waals surface area contributed by atoms with Crippen LogP contribution in [0.25, 0.3) is 10.9 Å². The molecule has 170 valence electrons. The van der Waals surface area contributed by atoms with Crippen LogP contribution < -0.4 is 5.32 Å². The van der Waals surface area contributed by atoms with Gasteiger partial charge in [-0.1, -0.05) is 37.1 Å². The number of aromatic nitrogens is 1. The number of nitrogens with zero attached hydrogens (tertiary/aromatic N) is 2. The van der Waals surface area contributed by atoms with Crippen LogP contribution >= 0.6 is 11.6 Å². The maximum atomic E-state index is 13.0. The van der Waals surface area contributed by atoms with Gasteiger partial charge in [-0.3, -0.25) is 4.79 Å². The number of fused-ring (bicyclic) bond motifs is 1. The summed E-state index contributed by atoms with van der Waals surface area (Å²) in [6, 6.07) is 14.1. The Kier molecular flexibility index (Phi) is 6.88. The molecule has 1 unspecified atom stereocenters. The molecule has 3 aromatic rings. The van der Waals surface area contributed by atoms with Crippen molar-refractivity contribution < 1.29 is 13.2 Å². The van der Waals surface area contributed by atoms with Gasteiger partial charge in [0.15, 0.2) is 0 Å². The van der Waals surface area contributed by atoms with Crippen molar-refractivity contribution in [1.82, 2.24) is 14.2 Å². The van der Waals surface area contributed by atoms with Gasteiger partial charge < -0.3 is 9.88 Å². The van der Waals surface area contributed by atoms with Gasteiger partial charge in [0, 0.05) is 41.8 Å². The Labute approximate surface area is 194 Å². The molecule has 1 aliphatic heterocycles. The van der Waals surface area contributed by atoms with Crippen LogP contribution in [0.3, 0.4) is 0 Å². The van der Waals surface area contributed by atoms with E-state index in [2.05, 4.69) is 5.32 Å². The molecule has 1 fully saturated rings. The number of amides is 1. The fraction of sp³-hybridized carbons (Fsp3) is 0.375. The van der Waals surface area contributed by atoms with E-state index in [-0.39, 0.29) is 5.91 Å². The van der Waals surface area contributed by atoms with Gasteiger partial charge in [0.05, 0.1) is 4.90 Å². The lowest BCUT2D eigenvalue weighted by molar-refractivity contribution is -0.124.